The lowest BCUT2D eigenvalue weighted by Gasteiger charge is -2.33. The Bertz CT molecular complexity index is 1460. The van der Waals surface area contributed by atoms with Gasteiger partial charge in [-0.15, -0.1) is 0 Å². The summed E-state index contributed by atoms with van der Waals surface area (Å²) in [4.78, 5) is 28.9. The second-order valence-corrected chi connectivity index (χ2v) is 12.6. The average molecular weight is 582 g/mol. The van der Waals surface area contributed by atoms with Crippen LogP contribution in [0.15, 0.2) is 77.7 Å². The highest BCUT2D eigenvalue weighted by Crippen LogP contribution is 2.29. The first kappa shape index (κ1) is 29.6. The average Bonchev–Trinajstić information content (AvgIpc) is 3.46. The summed E-state index contributed by atoms with van der Waals surface area (Å²) in [5, 5.41) is 3.48. The molecule has 1 aliphatic carbocycles. The summed E-state index contributed by atoms with van der Waals surface area (Å²) in [5.74, 6) is -0.738. The Labute approximate surface area is 242 Å². The van der Waals surface area contributed by atoms with E-state index in [1.54, 1.807) is 43.3 Å². The molecule has 1 fully saturated rings. The topological polar surface area (TPSA) is 86.8 Å². The van der Waals surface area contributed by atoms with E-state index in [-0.39, 0.29) is 29.1 Å². The van der Waals surface area contributed by atoms with Crippen molar-refractivity contribution in [1.82, 2.24) is 10.2 Å². The minimum absolute atomic E-state index is 0.0528. The lowest BCUT2D eigenvalue weighted by molar-refractivity contribution is -0.139. The number of carbonyl (C=O) groups is 2. The maximum absolute atomic E-state index is 14.1. The Morgan fingerprint density at radius 1 is 0.950 bits per heavy atom. The number of rotatable bonds is 10. The van der Waals surface area contributed by atoms with Gasteiger partial charge in [-0.25, -0.2) is 8.42 Å². The van der Waals surface area contributed by atoms with Crippen LogP contribution in [0.2, 0.25) is 5.02 Å². The number of amides is 2. The third-order valence-corrected chi connectivity index (χ3v) is 9.72. The van der Waals surface area contributed by atoms with Crippen molar-refractivity contribution in [3.63, 3.8) is 0 Å². The van der Waals surface area contributed by atoms with Crippen molar-refractivity contribution >= 4 is 39.1 Å². The molecule has 2 amide bonds. The number of nitrogens with zero attached hydrogens (tertiary/aromatic N) is 2. The van der Waals surface area contributed by atoms with Gasteiger partial charge >= 0.3 is 0 Å². The second-order valence-electron chi connectivity index (χ2n) is 10.4. The highest BCUT2D eigenvalue weighted by Gasteiger charge is 2.33. The SMILES string of the molecule is Cc1ccc(N(CC(=O)N(Cc2ccccc2C)C(C)C(=O)NC2CCCC2)S(=O)(=O)c2ccccc2)cc1Cl. The van der Waals surface area contributed by atoms with Crippen molar-refractivity contribution in [2.45, 2.75) is 70.0 Å². The van der Waals surface area contributed by atoms with Crippen molar-refractivity contribution in [2.75, 3.05) is 10.8 Å². The monoisotopic (exact) mass is 581 g/mol. The number of benzene rings is 3. The van der Waals surface area contributed by atoms with E-state index < -0.39 is 28.5 Å². The molecule has 1 N–H and O–H groups in total. The molecule has 0 aliphatic heterocycles. The highest BCUT2D eigenvalue weighted by atomic mass is 35.5. The fraction of sp³-hybridized carbons (Fsp3) is 0.355. The standard InChI is InChI=1S/C31H36ClN3O4S/c1-22-11-7-8-12-25(22)20-34(24(3)31(37)33-26-13-9-10-14-26)30(36)21-35(27-18-17-23(2)29(32)19-27)40(38,39)28-15-5-4-6-16-28/h4-8,11-12,15-19,24,26H,9-10,13-14,20-21H2,1-3H3,(H,33,37). The predicted molar refractivity (Wildman–Crippen MR) is 159 cm³/mol. The highest BCUT2D eigenvalue weighted by molar-refractivity contribution is 7.92. The number of anilines is 1. The van der Waals surface area contributed by atoms with Gasteiger partial charge in [-0.3, -0.25) is 13.9 Å². The molecule has 9 heteroatoms. The van der Waals surface area contributed by atoms with E-state index in [4.69, 9.17) is 11.6 Å². The molecule has 1 unspecified atom stereocenters. The Balaban J connectivity index is 1.70. The fourth-order valence-corrected chi connectivity index (χ4v) is 6.53. The van der Waals surface area contributed by atoms with E-state index in [9.17, 15) is 18.0 Å². The molecular formula is C31H36ClN3O4S. The van der Waals surface area contributed by atoms with Crippen molar-refractivity contribution in [1.29, 1.82) is 0 Å². The molecule has 1 atom stereocenters. The molecule has 0 aromatic heterocycles. The van der Waals surface area contributed by atoms with Crippen LogP contribution < -0.4 is 9.62 Å². The van der Waals surface area contributed by atoms with Crippen molar-refractivity contribution < 1.29 is 18.0 Å². The summed E-state index contributed by atoms with van der Waals surface area (Å²) in [5.41, 5.74) is 2.91. The first-order valence-electron chi connectivity index (χ1n) is 13.6. The maximum Gasteiger partial charge on any atom is 0.264 e. The third-order valence-electron chi connectivity index (χ3n) is 7.52. The third kappa shape index (κ3) is 6.85. The molecule has 0 bridgehead atoms. The van der Waals surface area contributed by atoms with Gasteiger partial charge < -0.3 is 10.2 Å². The lowest BCUT2D eigenvalue weighted by atomic mass is 10.1. The minimum Gasteiger partial charge on any atom is -0.352 e. The zero-order chi connectivity index (χ0) is 28.9. The molecule has 4 rings (SSSR count). The predicted octanol–water partition coefficient (Wildman–Crippen LogP) is 5.63. The van der Waals surface area contributed by atoms with Crippen LogP contribution in [0.25, 0.3) is 0 Å². The largest absolute Gasteiger partial charge is 0.352 e. The number of aryl methyl sites for hydroxylation is 2. The van der Waals surface area contributed by atoms with E-state index >= 15 is 0 Å². The van der Waals surface area contributed by atoms with Gasteiger partial charge in [0.15, 0.2) is 0 Å². The van der Waals surface area contributed by atoms with E-state index in [1.165, 1.54) is 17.0 Å². The van der Waals surface area contributed by atoms with E-state index in [1.807, 2.05) is 38.1 Å². The summed E-state index contributed by atoms with van der Waals surface area (Å²) >= 11 is 6.38. The van der Waals surface area contributed by atoms with Crippen LogP contribution in [0, 0.1) is 13.8 Å². The zero-order valence-electron chi connectivity index (χ0n) is 23.1. The molecule has 0 heterocycles. The summed E-state index contributed by atoms with van der Waals surface area (Å²) in [6.45, 7) is 5.13. The first-order chi connectivity index (χ1) is 19.1. The number of hydrogen-bond acceptors (Lipinski definition) is 4. The van der Waals surface area contributed by atoms with Crippen LogP contribution in [0.3, 0.4) is 0 Å². The van der Waals surface area contributed by atoms with E-state index in [0.717, 1.165) is 46.7 Å². The molecule has 3 aromatic rings. The van der Waals surface area contributed by atoms with Gasteiger partial charge in [0.05, 0.1) is 10.6 Å². The van der Waals surface area contributed by atoms with Gasteiger partial charge in [0.1, 0.15) is 12.6 Å². The van der Waals surface area contributed by atoms with Crippen molar-refractivity contribution in [3.8, 4) is 0 Å². The second kappa shape index (κ2) is 12.9. The number of halogens is 1. The zero-order valence-corrected chi connectivity index (χ0v) is 24.7. The van der Waals surface area contributed by atoms with Gasteiger partial charge in [-0.05, 0) is 74.6 Å². The Kier molecular flexibility index (Phi) is 9.53. The normalized spacial score (nSPS) is 14.5. The molecule has 1 aliphatic rings. The number of hydrogen-bond donors (Lipinski definition) is 1. The minimum atomic E-state index is -4.13. The quantitative estimate of drug-likeness (QED) is 0.336. The number of sulfonamides is 1. The molecule has 0 spiro atoms. The van der Waals surface area contributed by atoms with Gasteiger partial charge in [-0.1, -0.05) is 73.0 Å². The summed E-state index contributed by atoms with van der Waals surface area (Å²) in [7, 11) is -4.13. The molecule has 212 valence electrons. The van der Waals surface area contributed by atoms with Crippen LogP contribution in [0.1, 0.15) is 49.3 Å². The molecule has 40 heavy (non-hydrogen) atoms. The van der Waals surface area contributed by atoms with Crippen LogP contribution in [-0.4, -0.2) is 43.8 Å². The molecule has 3 aromatic carbocycles. The maximum atomic E-state index is 14.1. The Morgan fingerprint density at radius 2 is 1.60 bits per heavy atom. The van der Waals surface area contributed by atoms with Crippen molar-refractivity contribution in [2.24, 2.45) is 0 Å². The summed E-state index contributed by atoms with van der Waals surface area (Å²) < 4.78 is 28.8. The number of carbonyl (C=O) groups excluding carboxylic acids is 2. The lowest BCUT2D eigenvalue weighted by Crippen LogP contribution is -2.52. The molecule has 0 radical (unpaired) electrons. The van der Waals surface area contributed by atoms with Crippen LogP contribution in [-0.2, 0) is 26.2 Å². The van der Waals surface area contributed by atoms with Crippen LogP contribution in [0.5, 0.6) is 0 Å². The fourth-order valence-electron chi connectivity index (χ4n) is 4.93. The molecular weight excluding hydrogens is 546 g/mol. The van der Waals surface area contributed by atoms with Crippen LogP contribution >= 0.6 is 11.6 Å². The van der Waals surface area contributed by atoms with Crippen LogP contribution in [0.4, 0.5) is 5.69 Å². The van der Waals surface area contributed by atoms with Gasteiger partial charge in [0, 0.05) is 17.6 Å². The molecule has 7 nitrogen and oxygen atoms in total. The molecule has 1 saturated carbocycles. The van der Waals surface area contributed by atoms with Crippen molar-refractivity contribution in [3.05, 3.63) is 94.5 Å². The Hall–Kier alpha value is -3.36. The summed E-state index contributed by atoms with van der Waals surface area (Å²) in [6, 6.07) is 19.8. The van der Waals surface area contributed by atoms with E-state index in [0.29, 0.717) is 5.02 Å². The number of nitrogens with one attached hydrogen (secondary N) is 1. The summed E-state index contributed by atoms with van der Waals surface area (Å²) in [6.07, 6.45) is 3.97. The first-order valence-corrected chi connectivity index (χ1v) is 15.4. The smallest absolute Gasteiger partial charge is 0.264 e. The Morgan fingerprint density at radius 3 is 2.25 bits per heavy atom. The molecule has 0 saturated heterocycles. The van der Waals surface area contributed by atoms with Gasteiger partial charge in [-0.2, -0.15) is 0 Å². The van der Waals surface area contributed by atoms with Gasteiger partial charge in [0.25, 0.3) is 10.0 Å². The van der Waals surface area contributed by atoms with Gasteiger partial charge in [0.2, 0.25) is 11.8 Å². The van der Waals surface area contributed by atoms with E-state index in [2.05, 4.69) is 5.32 Å².